The van der Waals surface area contributed by atoms with Gasteiger partial charge in [0, 0.05) is 19.1 Å². The van der Waals surface area contributed by atoms with E-state index in [1.807, 2.05) is 0 Å². The number of piperidine rings is 1. The molecule has 0 bridgehead atoms. The van der Waals surface area contributed by atoms with E-state index in [1.54, 1.807) is 0 Å². The van der Waals surface area contributed by atoms with Crippen molar-refractivity contribution in [3.63, 3.8) is 0 Å². The summed E-state index contributed by atoms with van der Waals surface area (Å²) < 4.78 is 0. The summed E-state index contributed by atoms with van der Waals surface area (Å²) in [5.41, 5.74) is 0. The summed E-state index contributed by atoms with van der Waals surface area (Å²) in [5, 5.41) is 12.5. The Bertz CT molecular complexity index is 167. The molecule has 14 heavy (non-hydrogen) atoms. The molecular weight excluding hydrogens is 176 g/mol. The third-order valence-corrected chi connectivity index (χ3v) is 3.63. The van der Waals surface area contributed by atoms with Gasteiger partial charge in [0.15, 0.2) is 0 Å². The highest BCUT2D eigenvalue weighted by molar-refractivity contribution is 4.86. The second kappa shape index (κ2) is 5.10. The zero-order valence-electron chi connectivity index (χ0n) is 8.91. The van der Waals surface area contributed by atoms with Crippen LogP contribution < -0.4 is 5.32 Å². The summed E-state index contributed by atoms with van der Waals surface area (Å²) in [7, 11) is 0. The molecule has 2 atom stereocenters. The molecule has 3 nitrogen and oxygen atoms in total. The van der Waals surface area contributed by atoms with Crippen LogP contribution >= 0.6 is 0 Å². The largest absolute Gasteiger partial charge is 0.395 e. The lowest BCUT2D eigenvalue weighted by atomic mass is 9.90. The molecule has 0 aromatic heterocycles. The molecule has 0 aromatic rings. The molecule has 2 aliphatic heterocycles. The molecule has 0 saturated carbocycles. The van der Waals surface area contributed by atoms with Gasteiger partial charge in [0.2, 0.25) is 0 Å². The number of nitrogens with one attached hydrogen (secondary N) is 1. The third kappa shape index (κ3) is 2.47. The van der Waals surface area contributed by atoms with Crippen LogP contribution in [0, 0.1) is 5.92 Å². The lowest BCUT2D eigenvalue weighted by molar-refractivity contribution is 0.125. The van der Waals surface area contributed by atoms with E-state index in [1.165, 1.54) is 45.3 Å². The minimum atomic E-state index is 0.310. The van der Waals surface area contributed by atoms with Crippen molar-refractivity contribution in [2.24, 2.45) is 5.92 Å². The first-order valence-corrected chi connectivity index (χ1v) is 5.97. The molecule has 2 N–H and O–H groups in total. The van der Waals surface area contributed by atoms with Crippen molar-refractivity contribution in [1.82, 2.24) is 10.2 Å². The molecule has 0 aliphatic carbocycles. The molecule has 3 heteroatoms. The number of rotatable bonds is 3. The van der Waals surface area contributed by atoms with E-state index in [4.69, 9.17) is 5.11 Å². The Hall–Kier alpha value is -0.120. The molecule has 82 valence electrons. The predicted molar refractivity (Wildman–Crippen MR) is 57.3 cm³/mol. The SMILES string of the molecule is OCCN1CCCC(C2CCCN2)C1. The number of β-amino-alcohol motifs (C(OH)–C–C–N with tert-alkyl or cyclic N) is 1. The lowest BCUT2D eigenvalue weighted by Crippen LogP contribution is -2.44. The number of hydrogen-bond acceptors (Lipinski definition) is 3. The molecule has 2 heterocycles. The van der Waals surface area contributed by atoms with Crippen LogP contribution in [0.2, 0.25) is 0 Å². The second-order valence-electron chi connectivity index (χ2n) is 4.63. The zero-order chi connectivity index (χ0) is 9.80. The maximum absolute atomic E-state index is 8.91. The third-order valence-electron chi connectivity index (χ3n) is 3.63. The molecule has 0 aromatic carbocycles. The van der Waals surface area contributed by atoms with Gasteiger partial charge in [-0.1, -0.05) is 0 Å². The van der Waals surface area contributed by atoms with Gasteiger partial charge in [-0.3, -0.25) is 0 Å². The molecule has 2 aliphatic rings. The molecule has 2 unspecified atom stereocenters. The summed E-state index contributed by atoms with van der Waals surface area (Å²) >= 11 is 0. The van der Waals surface area contributed by atoms with Crippen LogP contribution in [0.25, 0.3) is 0 Å². The van der Waals surface area contributed by atoms with Crippen LogP contribution in [0.15, 0.2) is 0 Å². The highest BCUT2D eigenvalue weighted by Gasteiger charge is 2.28. The fourth-order valence-electron chi connectivity index (χ4n) is 2.88. The Labute approximate surface area is 86.5 Å². The van der Waals surface area contributed by atoms with Crippen LogP contribution in [0.1, 0.15) is 25.7 Å². The Morgan fingerprint density at radius 2 is 2.21 bits per heavy atom. The summed E-state index contributed by atoms with van der Waals surface area (Å²) in [6, 6.07) is 0.761. The van der Waals surface area contributed by atoms with Gasteiger partial charge in [0.25, 0.3) is 0 Å². The van der Waals surface area contributed by atoms with Gasteiger partial charge >= 0.3 is 0 Å². The van der Waals surface area contributed by atoms with Crippen molar-refractivity contribution >= 4 is 0 Å². The highest BCUT2D eigenvalue weighted by Crippen LogP contribution is 2.24. The number of hydrogen-bond donors (Lipinski definition) is 2. The van der Waals surface area contributed by atoms with Gasteiger partial charge in [-0.15, -0.1) is 0 Å². The Kier molecular flexibility index (Phi) is 3.79. The van der Waals surface area contributed by atoms with Crippen molar-refractivity contribution in [3.05, 3.63) is 0 Å². The highest BCUT2D eigenvalue weighted by atomic mass is 16.3. The van der Waals surface area contributed by atoms with E-state index in [0.29, 0.717) is 6.61 Å². The molecular formula is C11H22N2O. The number of aliphatic hydroxyl groups excluding tert-OH is 1. The summed E-state index contributed by atoms with van der Waals surface area (Å²) in [5.74, 6) is 0.831. The standard InChI is InChI=1S/C11H22N2O/c14-8-7-13-6-2-3-10(9-13)11-4-1-5-12-11/h10-12,14H,1-9H2. The quantitative estimate of drug-likeness (QED) is 0.691. The minimum Gasteiger partial charge on any atom is -0.395 e. The minimum absolute atomic E-state index is 0.310. The lowest BCUT2D eigenvalue weighted by Gasteiger charge is -2.35. The van der Waals surface area contributed by atoms with Gasteiger partial charge in [0.05, 0.1) is 6.61 Å². The Balaban J connectivity index is 1.80. The van der Waals surface area contributed by atoms with Crippen molar-refractivity contribution in [2.45, 2.75) is 31.7 Å². The van der Waals surface area contributed by atoms with E-state index in [9.17, 15) is 0 Å². The van der Waals surface area contributed by atoms with Crippen molar-refractivity contribution in [2.75, 3.05) is 32.8 Å². The first kappa shape index (κ1) is 10.4. The average molecular weight is 198 g/mol. The van der Waals surface area contributed by atoms with Crippen LogP contribution in [-0.4, -0.2) is 48.8 Å². The molecule has 0 amide bonds. The van der Waals surface area contributed by atoms with Gasteiger partial charge in [-0.05, 0) is 44.7 Å². The van der Waals surface area contributed by atoms with Gasteiger partial charge in [-0.2, -0.15) is 0 Å². The van der Waals surface area contributed by atoms with Crippen LogP contribution in [-0.2, 0) is 0 Å². The fourth-order valence-corrected chi connectivity index (χ4v) is 2.88. The van der Waals surface area contributed by atoms with E-state index >= 15 is 0 Å². The Morgan fingerprint density at radius 3 is 2.93 bits per heavy atom. The summed E-state index contributed by atoms with van der Waals surface area (Å²) in [4.78, 5) is 2.41. The van der Waals surface area contributed by atoms with E-state index in [2.05, 4.69) is 10.2 Å². The van der Waals surface area contributed by atoms with Crippen LogP contribution in [0.4, 0.5) is 0 Å². The molecule has 2 saturated heterocycles. The number of nitrogens with zero attached hydrogens (tertiary/aromatic N) is 1. The van der Waals surface area contributed by atoms with E-state index in [-0.39, 0.29) is 0 Å². The first-order valence-electron chi connectivity index (χ1n) is 5.97. The fraction of sp³-hybridized carbons (Fsp3) is 1.00. The van der Waals surface area contributed by atoms with Gasteiger partial charge in [-0.25, -0.2) is 0 Å². The summed E-state index contributed by atoms with van der Waals surface area (Å²) in [6.45, 7) is 4.76. The van der Waals surface area contributed by atoms with Gasteiger partial charge in [0.1, 0.15) is 0 Å². The topological polar surface area (TPSA) is 35.5 Å². The number of likely N-dealkylation sites (tertiary alicyclic amines) is 1. The van der Waals surface area contributed by atoms with Crippen molar-refractivity contribution in [3.8, 4) is 0 Å². The molecule has 2 fully saturated rings. The maximum atomic E-state index is 8.91. The van der Waals surface area contributed by atoms with Crippen LogP contribution in [0.3, 0.4) is 0 Å². The summed E-state index contributed by atoms with van der Waals surface area (Å²) in [6.07, 6.45) is 5.39. The van der Waals surface area contributed by atoms with E-state index in [0.717, 1.165) is 18.5 Å². The monoisotopic (exact) mass is 198 g/mol. The molecule has 0 spiro atoms. The van der Waals surface area contributed by atoms with Gasteiger partial charge < -0.3 is 15.3 Å². The smallest absolute Gasteiger partial charge is 0.0558 e. The van der Waals surface area contributed by atoms with Crippen molar-refractivity contribution in [1.29, 1.82) is 0 Å². The maximum Gasteiger partial charge on any atom is 0.0558 e. The molecule has 2 rings (SSSR count). The first-order chi connectivity index (χ1) is 6.90. The molecule has 0 radical (unpaired) electrons. The Morgan fingerprint density at radius 1 is 1.29 bits per heavy atom. The van der Waals surface area contributed by atoms with Crippen LogP contribution in [0.5, 0.6) is 0 Å². The zero-order valence-corrected chi connectivity index (χ0v) is 8.91. The predicted octanol–water partition coefficient (Wildman–Crippen LogP) is 0.443. The normalized spacial score (nSPS) is 34.9. The second-order valence-corrected chi connectivity index (χ2v) is 4.63. The van der Waals surface area contributed by atoms with E-state index < -0.39 is 0 Å². The number of aliphatic hydroxyl groups is 1. The average Bonchev–Trinajstić information content (AvgIpc) is 2.71. The van der Waals surface area contributed by atoms with Crippen molar-refractivity contribution < 1.29 is 5.11 Å².